The van der Waals surface area contributed by atoms with Crippen LogP contribution in [0.25, 0.3) is 11.1 Å². The normalized spacial score (nSPS) is 16.5. The zero-order valence-electron chi connectivity index (χ0n) is 17.0. The molecular formula is C26H30N2. The minimum Gasteiger partial charge on any atom is -0.315 e. The van der Waals surface area contributed by atoms with Crippen LogP contribution in [0.4, 0.5) is 0 Å². The summed E-state index contributed by atoms with van der Waals surface area (Å²) >= 11 is 0. The average Bonchev–Trinajstić information content (AvgIpc) is 3.00. The highest BCUT2D eigenvalue weighted by Crippen LogP contribution is 2.33. The molecule has 28 heavy (non-hydrogen) atoms. The van der Waals surface area contributed by atoms with E-state index in [9.17, 15) is 0 Å². The molecule has 0 radical (unpaired) electrons. The van der Waals surface area contributed by atoms with Crippen LogP contribution < -0.4 is 5.32 Å². The number of nitrogens with one attached hydrogen (secondary N) is 1. The lowest BCUT2D eigenvalue weighted by molar-refractivity contribution is 0.240. The largest absolute Gasteiger partial charge is 0.315 e. The molecule has 0 aromatic heterocycles. The van der Waals surface area contributed by atoms with Crippen molar-refractivity contribution in [1.82, 2.24) is 10.2 Å². The predicted molar refractivity (Wildman–Crippen MR) is 119 cm³/mol. The summed E-state index contributed by atoms with van der Waals surface area (Å²) in [5, 5.41) is 3.55. The number of aryl methyl sites for hydroxylation is 2. The molecule has 1 heterocycles. The van der Waals surface area contributed by atoms with Crippen molar-refractivity contribution in [2.75, 3.05) is 26.2 Å². The molecule has 1 saturated heterocycles. The van der Waals surface area contributed by atoms with Gasteiger partial charge in [-0.1, -0.05) is 78.4 Å². The minimum atomic E-state index is 0.310. The van der Waals surface area contributed by atoms with Crippen molar-refractivity contribution < 1.29 is 0 Å². The van der Waals surface area contributed by atoms with Gasteiger partial charge in [0.05, 0.1) is 6.04 Å². The monoisotopic (exact) mass is 370 g/mol. The van der Waals surface area contributed by atoms with E-state index in [4.69, 9.17) is 0 Å². The first-order valence-electron chi connectivity index (χ1n) is 10.4. The summed E-state index contributed by atoms with van der Waals surface area (Å²) in [4.78, 5) is 2.65. The van der Waals surface area contributed by atoms with Crippen LogP contribution in [0.15, 0.2) is 72.8 Å². The molecule has 144 valence electrons. The predicted octanol–water partition coefficient (Wildman–Crippen LogP) is 5.36. The average molecular weight is 371 g/mol. The second-order valence-corrected chi connectivity index (χ2v) is 7.89. The number of benzene rings is 3. The van der Waals surface area contributed by atoms with E-state index < -0.39 is 0 Å². The van der Waals surface area contributed by atoms with Crippen LogP contribution >= 0.6 is 0 Å². The van der Waals surface area contributed by atoms with Gasteiger partial charge in [-0.15, -0.1) is 0 Å². The van der Waals surface area contributed by atoms with Gasteiger partial charge in [-0.25, -0.2) is 0 Å². The van der Waals surface area contributed by atoms with Crippen molar-refractivity contribution >= 4 is 0 Å². The summed E-state index contributed by atoms with van der Waals surface area (Å²) in [5.74, 6) is 0. The molecule has 0 aliphatic carbocycles. The Morgan fingerprint density at radius 3 is 2.29 bits per heavy atom. The molecule has 3 aromatic rings. The van der Waals surface area contributed by atoms with E-state index in [-0.39, 0.29) is 0 Å². The van der Waals surface area contributed by atoms with Crippen molar-refractivity contribution in [2.45, 2.75) is 26.3 Å². The SMILES string of the molecule is Cc1ccc(C(c2ccc(-c3ccccc3)cc2)N2CCCNCC2)c(C)c1. The highest BCUT2D eigenvalue weighted by atomic mass is 15.2. The van der Waals surface area contributed by atoms with Crippen molar-refractivity contribution in [3.05, 3.63) is 95.1 Å². The van der Waals surface area contributed by atoms with Crippen molar-refractivity contribution in [2.24, 2.45) is 0 Å². The van der Waals surface area contributed by atoms with Gasteiger partial charge in [0, 0.05) is 19.6 Å². The molecule has 1 N–H and O–H groups in total. The summed E-state index contributed by atoms with van der Waals surface area (Å²) in [6, 6.07) is 27.0. The highest BCUT2D eigenvalue weighted by molar-refractivity contribution is 5.63. The summed E-state index contributed by atoms with van der Waals surface area (Å²) in [5.41, 5.74) is 8.08. The van der Waals surface area contributed by atoms with E-state index in [0.717, 1.165) is 26.2 Å². The van der Waals surface area contributed by atoms with Gasteiger partial charge in [0.2, 0.25) is 0 Å². The van der Waals surface area contributed by atoms with Gasteiger partial charge >= 0.3 is 0 Å². The summed E-state index contributed by atoms with van der Waals surface area (Å²) < 4.78 is 0. The van der Waals surface area contributed by atoms with Crippen LogP contribution in [0, 0.1) is 13.8 Å². The lowest BCUT2D eigenvalue weighted by Gasteiger charge is -2.32. The third-order valence-electron chi connectivity index (χ3n) is 5.79. The molecule has 1 atom stereocenters. The molecule has 1 aliphatic rings. The van der Waals surface area contributed by atoms with E-state index in [2.05, 4.69) is 96.9 Å². The molecule has 0 bridgehead atoms. The fourth-order valence-electron chi connectivity index (χ4n) is 4.33. The Bertz CT molecular complexity index is 891. The van der Waals surface area contributed by atoms with Gasteiger partial charge in [-0.05, 0) is 54.6 Å². The molecule has 0 spiro atoms. The van der Waals surface area contributed by atoms with Gasteiger partial charge in [0.25, 0.3) is 0 Å². The summed E-state index contributed by atoms with van der Waals surface area (Å²) in [7, 11) is 0. The first-order chi connectivity index (χ1) is 13.7. The standard InChI is InChI=1S/C26H30N2/c1-20-9-14-25(21(2)19-20)26(28-17-6-15-27-16-18-28)24-12-10-23(11-13-24)22-7-4-3-5-8-22/h3-5,7-14,19,26-27H,6,15-18H2,1-2H3. The first kappa shape index (κ1) is 18.9. The molecule has 1 unspecified atom stereocenters. The molecule has 1 fully saturated rings. The smallest absolute Gasteiger partial charge is 0.0604 e. The van der Waals surface area contributed by atoms with Gasteiger partial charge in [0.1, 0.15) is 0 Å². The first-order valence-corrected chi connectivity index (χ1v) is 10.4. The number of hydrogen-bond acceptors (Lipinski definition) is 2. The van der Waals surface area contributed by atoms with E-state index in [1.54, 1.807) is 0 Å². The Balaban J connectivity index is 1.72. The Hall–Kier alpha value is -2.42. The molecule has 1 aliphatic heterocycles. The fraction of sp³-hybridized carbons (Fsp3) is 0.308. The van der Waals surface area contributed by atoms with Crippen LogP contribution in [-0.4, -0.2) is 31.1 Å². The van der Waals surface area contributed by atoms with E-state index >= 15 is 0 Å². The molecule has 4 rings (SSSR count). The fourth-order valence-corrected chi connectivity index (χ4v) is 4.33. The molecule has 0 amide bonds. The second kappa shape index (κ2) is 8.72. The zero-order chi connectivity index (χ0) is 19.3. The maximum absolute atomic E-state index is 3.55. The third-order valence-corrected chi connectivity index (χ3v) is 5.79. The number of rotatable bonds is 4. The van der Waals surface area contributed by atoms with Gasteiger partial charge in [-0.3, -0.25) is 4.90 Å². The third kappa shape index (κ3) is 4.19. The summed E-state index contributed by atoms with van der Waals surface area (Å²) in [6.07, 6.45) is 1.20. The zero-order valence-corrected chi connectivity index (χ0v) is 17.0. The maximum Gasteiger partial charge on any atom is 0.0604 e. The second-order valence-electron chi connectivity index (χ2n) is 7.89. The quantitative estimate of drug-likeness (QED) is 0.665. The van der Waals surface area contributed by atoms with Gasteiger partial charge in [0.15, 0.2) is 0 Å². The molecule has 3 aromatic carbocycles. The lowest BCUT2D eigenvalue weighted by Crippen LogP contribution is -2.33. The molecule has 2 heteroatoms. The Kier molecular flexibility index (Phi) is 5.90. The summed E-state index contributed by atoms with van der Waals surface area (Å²) in [6.45, 7) is 8.82. The Labute approximate surface area is 169 Å². The lowest BCUT2D eigenvalue weighted by atomic mass is 9.91. The van der Waals surface area contributed by atoms with Crippen LogP contribution in [0.5, 0.6) is 0 Å². The van der Waals surface area contributed by atoms with E-state index in [1.807, 2.05) is 0 Å². The molecule has 2 nitrogen and oxygen atoms in total. The van der Waals surface area contributed by atoms with Crippen LogP contribution in [0.1, 0.15) is 34.7 Å². The highest BCUT2D eigenvalue weighted by Gasteiger charge is 2.24. The van der Waals surface area contributed by atoms with Crippen LogP contribution in [0.2, 0.25) is 0 Å². The maximum atomic E-state index is 3.55. The van der Waals surface area contributed by atoms with Gasteiger partial charge < -0.3 is 5.32 Å². The van der Waals surface area contributed by atoms with E-state index in [0.29, 0.717) is 6.04 Å². The van der Waals surface area contributed by atoms with Crippen molar-refractivity contribution in [1.29, 1.82) is 0 Å². The van der Waals surface area contributed by atoms with Crippen LogP contribution in [-0.2, 0) is 0 Å². The minimum absolute atomic E-state index is 0.310. The van der Waals surface area contributed by atoms with Gasteiger partial charge in [-0.2, -0.15) is 0 Å². The van der Waals surface area contributed by atoms with Crippen LogP contribution in [0.3, 0.4) is 0 Å². The Morgan fingerprint density at radius 1 is 0.786 bits per heavy atom. The number of nitrogens with zero attached hydrogens (tertiary/aromatic N) is 1. The van der Waals surface area contributed by atoms with E-state index in [1.165, 1.54) is 39.8 Å². The Morgan fingerprint density at radius 2 is 1.54 bits per heavy atom. The van der Waals surface area contributed by atoms with Crippen molar-refractivity contribution in [3.63, 3.8) is 0 Å². The number of hydrogen-bond donors (Lipinski definition) is 1. The van der Waals surface area contributed by atoms with Crippen molar-refractivity contribution in [3.8, 4) is 11.1 Å². The topological polar surface area (TPSA) is 15.3 Å². The molecular weight excluding hydrogens is 340 g/mol. The molecule has 0 saturated carbocycles.